The van der Waals surface area contributed by atoms with E-state index >= 15 is 0 Å². The number of carbonyl (C=O) groups excluding carboxylic acids is 1. The van der Waals surface area contributed by atoms with Crippen LogP contribution < -0.4 is 0 Å². The number of hydrogen-bond acceptors (Lipinski definition) is 2. The maximum atomic E-state index is 9.67. The van der Waals surface area contributed by atoms with Crippen LogP contribution in [-0.2, 0) is 9.53 Å². The quantitative estimate of drug-likeness (QED) is 0.391. The minimum atomic E-state index is 0.500. The van der Waals surface area contributed by atoms with E-state index in [0.29, 0.717) is 19.6 Å². The lowest BCUT2D eigenvalue weighted by molar-refractivity contribution is -0.108. The molecular weight excluding hydrogens is 104 g/mol. The molecule has 0 aromatic heterocycles. The molecule has 0 aromatic rings. The number of carbonyl (C=O) groups is 1. The van der Waals surface area contributed by atoms with Gasteiger partial charge in [0.15, 0.2) is 0 Å². The molecule has 0 saturated heterocycles. The van der Waals surface area contributed by atoms with Crippen molar-refractivity contribution in [1.29, 1.82) is 0 Å². The van der Waals surface area contributed by atoms with E-state index in [2.05, 4.69) is 6.92 Å². The number of hydrogen-bond donors (Lipinski definition) is 0. The fourth-order valence-corrected chi connectivity index (χ4v) is 0.336. The Morgan fingerprint density at radius 1 is 1.50 bits per heavy atom. The van der Waals surface area contributed by atoms with Gasteiger partial charge in [0.05, 0.1) is 6.61 Å². The number of rotatable bonds is 5. The summed E-state index contributed by atoms with van der Waals surface area (Å²) in [5, 5.41) is 0. The van der Waals surface area contributed by atoms with Crippen LogP contribution in [0.4, 0.5) is 0 Å². The average molecular weight is 115 g/mol. The predicted molar refractivity (Wildman–Crippen MR) is 31.5 cm³/mol. The average Bonchev–Trinajstić information content (AvgIpc) is 1.81. The Kier molecular flexibility index (Phi) is 6.32. The summed E-state index contributed by atoms with van der Waals surface area (Å²) in [7, 11) is 0. The molecule has 1 radical (unpaired) electrons. The Bertz CT molecular complexity index is 52.5. The molecule has 0 aliphatic carbocycles. The van der Waals surface area contributed by atoms with Gasteiger partial charge in [-0.3, -0.25) is 0 Å². The summed E-state index contributed by atoms with van der Waals surface area (Å²) in [5.74, 6) is 0. The van der Waals surface area contributed by atoms with Crippen molar-refractivity contribution < 1.29 is 9.53 Å². The third-order valence-electron chi connectivity index (χ3n) is 0.669. The highest BCUT2D eigenvalue weighted by Gasteiger charge is 1.81. The molecule has 0 N–H and O–H groups in total. The van der Waals surface area contributed by atoms with E-state index in [1.807, 2.05) is 0 Å². The third kappa shape index (κ3) is 5.63. The Morgan fingerprint density at radius 2 is 2.25 bits per heavy atom. The molecule has 2 nitrogen and oxygen atoms in total. The second kappa shape index (κ2) is 6.63. The molecular formula is C6H11O2. The molecule has 47 valence electrons. The zero-order valence-electron chi connectivity index (χ0n) is 4.93. The Balaban J connectivity index is 2.62. The summed E-state index contributed by atoms with van der Waals surface area (Å²) in [6, 6.07) is 0. The smallest absolute Gasteiger partial charge is 0.122 e. The summed E-state index contributed by atoms with van der Waals surface area (Å²) < 4.78 is 4.93. The van der Waals surface area contributed by atoms with Crippen LogP contribution in [0.1, 0.15) is 12.8 Å². The Labute approximate surface area is 49.8 Å². The van der Waals surface area contributed by atoms with E-state index in [1.165, 1.54) is 0 Å². The first-order chi connectivity index (χ1) is 3.91. The van der Waals surface area contributed by atoms with Crippen LogP contribution in [0.15, 0.2) is 0 Å². The van der Waals surface area contributed by atoms with Crippen molar-refractivity contribution in [3.05, 3.63) is 6.92 Å². The lowest BCUT2D eigenvalue weighted by Gasteiger charge is -1.94. The normalized spacial score (nSPS) is 9.12. The Morgan fingerprint density at radius 3 is 2.75 bits per heavy atom. The predicted octanol–water partition coefficient (Wildman–Crippen LogP) is 0.816. The van der Waals surface area contributed by atoms with Crippen molar-refractivity contribution in [3.63, 3.8) is 0 Å². The second-order valence-electron chi connectivity index (χ2n) is 1.42. The van der Waals surface area contributed by atoms with Crippen LogP contribution in [0.25, 0.3) is 0 Å². The summed E-state index contributed by atoms with van der Waals surface area (Å²) >= 11 is 0. The van der Waals surface area contributed by atoms with Gasteiger partial charge in [-0.2, -0.15) is 0 Å². The van der Waals surface area contributed by atoms with Crippen LogP contribution in [-0.4, -0.2) is 19.5 Å². The number of aldehydes is 1. The van der Waals surface area contributed by atoms with Crippen LogP contribution in [0.2, 0.25) is 0 Å². The summed E-state index contributed by atoms with van der Waals surface area (Å²) in [4.78, 5) is 9.67. The molecule has 0 aromatic carbocycles. The van der Waals surface area contributed by atoms with Gasteiger partial charge >= 0.3 is 0 Å². The fraction of sp³-hybridized carbons (Fsp3) is 0.667. The van der Waals surface area contributed by atoms with E-state index < -0.39 is 0 Å². The van der Waals surface area contributed by atoms with Gasteiger partial charge in [0, 0.05) is 13.0 Å². The molecule has 0 atom stereocenters. The lowest BCUT2D eigenvalue weighted by atomic mass is 10.5. The Hall–Kier alpha value is -0.370. The lowest BCUT2D eigenvalue weighted by Crippen LogP contribution is -1.95. The molecule has 0 unspecified atom stereocenters. The first-order valence-corrected chi connectivity index (χ1v) is 2.72. The first kappa shape index (κ1) is 7.63. The van der Waals surface area contributed by atoms with Gasteiger partial charge in [-0.25, -0.2) is 0 Å². The molecule has 0 fully saturated rings. The molecule has 0 heterocycles. The van der Waals surface area contributed by atoms with Gasteiger partial charge in [-0.15, -0.1) is 0 Å². The van der Waals surface area contributed by atoms with Crippen molar-refractivity contribution in [3.8, 4) is 0 Å². The van der Waals surface area contributed by atoms with Crippen LogP contribution >= 0.6 is 0 Å². The van der Waals surface area contributed by atoms with Crippen LogP contribution in [0, 0.1) is 6.92 Å². The maximum absolute atomic E-state index is 9.67. The maximum Gasteiger partial charge on any atom is 0.122 e. The van der Waals surface area contributed by atoms with Gasteiger partial charge in [-0.1, -0.05) is 6.92 Å². The SMILES string of the molecule is [CH2]CCOCCC=O. The van der Waals surface area contributed by atoms with Crippen molar-refractivity contribution in [2.75, 3.05) is 13.2 Å². The minimum Gasteiger partial charge on any atom is -0.381 e. The minimum absolute atomic E-state index is 0.500. The van der Waals surface area contributed by atoms with Gasteiger partial charge in [0.25, 0.3) is 0 Å². The van der Waals surface area contributed by atoms with Gasteiger partial charge in [-0.05, 0) is 6.42 Å². The van der Waals surface area contributed by atoms with Gasteiger partial charge in [0.1, 0.15) is 6.29 Å². The van der Waals surface area contributed by atoms with Gasteiger partial charge in [0.2, 0.25) is 0 Å². The molecule has 0 amide bonds. The van der Waals surface area contributed by atoms with Crippen LogP contribution in [0.5, 0.6) is 0 Å². The van der Waals surface area contributed by atoms with E-state index in [4.69, 9.17) is 4.74 Å². The van der Waals surface area contributed by atoms with Crippen molar-refractivity contribution in [2.45, 2.75) is 12.8 Å². The summed E-state index contributed by atoms with van der Waals surface area (Å²) in [5.41, 5.74) is 0. The van der Waals surface area contributed by atoms with Crippen molar-refractivity contribution >= 4 is 6.29 Å². The molecule has 0 saturated carbocycles. The molecule has 0 aliphatic rings. The highest BCUT2D eigenvalue weighted by Crippen LogP contribution is 1.80. The molecule has 8 heavy (non-hydrogen) atoms. The molecule has 0 spiro atoms. The van der Waals surface area contributed by atoms with Crippen molar-refractivity contribution in [1.82, 2.24) is 0 Å². The topological polar surface area (TPSA) is 26.3 Å². The molecule has 0 bridgehead atoms. The molecule has 0 aliphatic heterocycles. The van der Waals surface area contributed by atoms with Crippen molar-refractivity contribution in [2.24, 2.45) is 0 Å². The monoisotopic (exact) mass is 115 g/mol. The molecule has 0 rings (SSSR count). The van der Waals surface area contributed by atoms with Gasteiger partial charge < -0.3 is 9.53 Å². The number of ether oxygens (including phenoxy) is 1. The summed E-state index contributed by atoms with van der Waals surface area (Å²) in [6.07, 6.45) is 2.13. The second-order valence-corrected chi connectivity index (χ2v) is 1.42. The highest BCUT2D eigenvalue weighted by molar-refractivity contribution is 5.49. The van der Waals surface area contributed by atoms with E-state index in [-0.39, 0.29) is 0 Å². The van der Waals surface area contributed by atoms with Crippen LogP contribution in [0.3, 0.4) is 0 Å². The fourth-order valence-electron chi connectivity index (χ4n) is 0.336. The zero-order chi connectivity index (χ0) is 6.24. The molecule has 2 heteroatoms. The highest BCUT2D eigenvalue weighted by atomic mass is 16.5. The van der Waals surface area contributed by atoms with E-state index in [0.717, 1.165) is 12.7 Å². The summed E-state index contributed by atoms with van der Waals surface area (Å²) in [6.45, 7) is 4.77. The van der Waals surface area contributed by atoms with E-state index in [1.54, 1.807) is 0 Å². The third-order valence-corrected chi connectivity index (χ3v) is 0.669. The standard InChI is InChI=1S/C6H11O2/c1-2-5-8-6-3-4-7/h4H,1-3,5-6H2. The zero-order valence-corrected chi connectivity index (χ0v) is 4.93. The first-order valence-electron chi connectivity index (χ1n) is 2.72. The van der Waals surface area contributed by atoms with E-state index in [9.17, 15) is 4.79 Å². The largest absolute Gasteiger partial charge is 0.381 e.